The zero-order valence-corrected chi connectivity index (χ0v) is 17.0. The van der Waals surface area contributed by atoms with E-state index in [-0.39, 0.29) is 21.8 Å². The molecule has 0 radical (unpaired) electrons. The van der Waals surface area contributed by atoms with Crippen molar-refractivity contribution in [3.8, 4) is 16.9 Å². The summed E-state index contributed by atoms with van der Waals surface area (Å²) in [5, 5.41) is 15.8. The third kappa shape index (κ3) is 4.31. The molecule has 1 amide bonds. The van der Waals surface area contributed by atoms with E-state index < -0.39 is 16.8 Å². The van der Waals surface area contributed by atoms with Crippen molar-refractivity contribution in [2.24, 2.45) is 0 Å². The van der Waals surface area contributed by atoms with Gasteiger partial charge in [0.15, 0.2) is 0 Å². The molecule has 0 aliphatic heterocycles. The molecule has 1 aromatic heterocycles. The predicted octanol–water partition coefficient (Wildman–Crippen LogP) is 4.76. The molecule has 3 aromatic rings. The number of carbonyl (C=O) groups is 2. The zero-order chi connectivity index (χ0) is 21.7. The first-order valence-electron chi connectivity index (χ1n) is 8.94. The van der Waals surface area contributed by atoms with Crippen LogP contribution in [0.5, 0.6) is 5.75 Å². The summed E-state index contributed by atoms with van der Waals surface area (Å²) in [6.45, 7) is 2.42. The van der Waals surface area contributed by atoms with Gasteiger partial charge in [0, 0.05) is 17.0 Å². The molecule has 0 atom stereocenters. The fraction of sp³-hybridized carbons (Fsp3) is 0.143. The molecule has 0 aliphatic rings. The molecule has 30 heavy (non-hydrogen) atoms. The van der Waals surface area contributed by atoms with Crippen LogP contribution >= 0.6 is 11.3 Å². The molecule has 0 bridgehead atoms. The van der Waals surface area contributed by atoms with Gasteiger partial charge in [-0.25, -0.2) is 4.79 Å². The Morgan fingerprint density at radius 2 is 1.83 bits per heavy atom. The number of thiophene rings is 1. The highest BCUT2D eigenvalue weighted by Gasteiger charge is 2.25. The molecule has 3 rings (SSSR count). The van der Waals surface area contributed by atoms with Crippen molar-refractivity contribution in [3.05, 3.63) is 75.2 Å². The second-order valence-corrected chi connectivity index (χ2v) is 6.91. The zero-order valence-electron chi connectivity index (χ0n) is 16.2. The first-order valence-corrected chi connectivity index (χ1v) is 9.82. The average molecular weight is 426 g/mol. The number of hydrogen-bond acceptors (Lipinski definition) is 7. The van der Waals surface area contributed by atoms with Gasteiger partial charge < -0.3 is 14.8 Å². The predicted molar refractivity (Wildman–Crippen MR) is 113 cm³/mol. The van der Waals surface area contributed by atoms with Crippen molar-refractivity contribution >= 4 is 33.9 Å². The van der Waals surface area contributed by atoms with Gasteiger partial charge in [0.05, 0.1) is 18.6 Å². The summed E-state index contributed by atoms with van der Waals surface area (Å²) in [5.41, 5.74) is 1.07. The Morgan fingerprint density at radius 1 is 1.13 bits per heavy atom. The van der Waals surface area contributed by atoms with Gasteiger partial charge in [0.2, 0.25) is 0 Å². The van der Waals surface area contributed by atoms with E-state index in [2.05, 4.69) is 5.32 Å². The molecule has 9 heteroatoms. The lowest BCUT2D eigenvalue weighted by Gasteiger charge is -2.09. The Labute approximate surface area is 176 Å². The van der Waals surface area contributed by atoms with Crippen molar-refractivity contribution in [2.45, 2.75) is 6.92 Å². The van der Waals surface area contributed by atoms with Crippen LogP contribution in [-0.2, 0) is 4.74 Å². The Hall–Kier alpha value is -3.72. The summed E-state index contributed by atoms with van der Waals surface area (Å²) in [7, 11) is 1.25. The number of carbonyl (C=O) groups excluding carboxylic acids is 2. The Kier molecular flexibility index (Phi) is 6.43. The highest BCUT2D eigenvalue weighted by molar-refractivity contribution is 7.15. The first-order chi connectivity index (χ1) is 14.5. The number of benzene rings is 2. The fourth-order valence-electron chi connectivity index (χ4n) is 2.86. The largest absolute Gasteiger partial charge is 0.494 e. The van der Waals surface area contributed by atoms with Crippen LogP contribution in [0.15, 0.2) is 53.9 Å². The number of rotatable bonds is 7. The van der Waals surface area contributed by atoms with E-state index in [0.29, 0.717) is 17.9 Å². The fourth-order valence-corrected chi connectivity index (χ4v) is 3.81. The van der Waals surface area contributed by atoms with Crippen molar-refractivity contribution in [2.75, 3.05) is 19.0 Å². The summed E-state index contributed by atoms with van der Waals surface area (Å²) in [6.07, 6.45) is 0. The highest BCUT2D eigenvalue weighted by atomic mass is 32.1. The van der Waals surface area contributed by atoms with Crippen LogP contribution in [0, 0.1) is 10.1 Å². The maximum atomic E-state index is 12.7. The Bertz CT molecular complexity index is 1090. The van der Waals surface area contributed by atoms with Crippen molar-refractivity contribution in [1.29, 1.82) is 0 Å². The number of nitro groups is 1. The van der Waals surface area contributed by atoms with Crippen molar-refractivity contribution in [1.82, 2.24) is 0 Å². The minimum absolute atomic E-state index is 0.102. The summed E-state index contributed by atoms with van der Waals surface area (Å²) in [6, 6.07) is 12.8. The van der Waals surface area contributed by atoms with E-state index >= 15 is 0 Å². The van der Waals surface area contributed by atoms with E-state index in [9.17, 15) is 19.7 Å². The molecule has 0 spiro atoms. The number of para-hydroxylation sites is 1. The van der Waals surface area contributed by atoms with Gasteiger partial charge in [-0.1, -0.05) is 24.3 Å². The van der Waals surface area contributed by atoms with E-state index in [1.807, 2.05) is 6.92 Å². The lowest BCUT2D eigenvalue weighted by Crippen LogP contribution is -2.15. The van der Waals surface area contributed by atoms with Crippen LogP contribution in [0.4, 0.5) is 10.7 Å². The second kappa shape index (κ2) is 9.19. The standard InChI is InChI=1S/C21H18N2O6S/c1-3-29-14-10-8-13(9-11-14)16-12-30-20(18(16)21(25)28-2)22-19(24)15-6-4-5-7-17(15)23(26)27/h4-12H,3H2,1-2H3,(H,22,24). The van der Waals surface area contributed by atoms with Gasteiger partial charge in [-0.2, -0.15) is 0 Å². The van der Waals surface area contributed by atoms with Gasteiger partial charge in [0.25, 0.3) is 11.6 Å². The molecule has 2 aromatic carbocycles. The van der Waals surface area contributed by atoms with Crippen molar-refractivity contribution < 1.29 is 24.0 Å². The number of nitrogens with one attached hydrogen (secondary N) is 1. The quantitative estimate of drug-likeness (QED) is 0.331. The van der Waals surface area contributed by atoms with Crippen molar-refractivity contribution in [3.63, 3.8) is 0 Å². The van der Waals surface area contributed by atoms with Gasteiger partial charge in [-0.05, 0) is 30.7 Å². The lowest BCUT2D eigenvalue weighted by molar-refractivity contribution is -0.385. The van der Waals surface area contributed by atoms with E-state index in [4.69, 9.17) is 9.47 Å². The molecule has 1 heterocycles. The second-order valence-electron chi connectivity index (χ2n) is 6.03. The third-order valence-corrected chi connectivity index (χ3v) is 5.12. The SMILES string of the molecule is CCOc1ccc(-c2csc(NC(=O)c3ccccc3[N+](=O)[O-])c2C(=O)OC)cc1. The van der Waals surface area contributed by atoms with Gasteiger partial charge in [0.1, 0.15) is 21.9 Å². The number of nitrogens with zero attached hydrogens (tertiary/aromatic N) is 1. The Balaban J connectivity index is 1.97. The minimum Gasteiger partial charge on any atom is -0.494 e. The molecule has 0 unspecified atom stereocenters. The monoisotopic (exact) mass is 426 g/mol. The summed E-state index contributed by atoms with van der Waals surface area (Å²) in [5.74, 6) is -0.619. The van der Waals surface area contributed by atoms with Crippen LogP contribution in [0.25, 0.3) is 11.1 Å². The number of ether oxygens (including phenoxy) is 2. The number of nitro benzene ring substituents is 1. The minimum atomic E-state index is -0.687. The maximum absolute atomic E-state index is 12.7. The summed E-state index contributed by atoms with van der Waals surface area (Å²) >= 11 is 1.13. The summed E-state index contributed by atoms with van der Waals surface area (Å²) < 4.78 is 10.3. The van der Waals surface area contributed by atoms with E-state index in [1.165, 1.54) is 31.4 Å². The van der Waals surface area contributed by atoms with Crippen LogP contribution in [0.2, 0.25) is 0 Å². The number of methoxy groups -OCH3 is 1. The Morgan fingerprint density at radius 3 is 2.47 bits per heavy atom. The molecule has 0 saturated heterocycles. The van der Waals surface area contributed by atoms with Gasteiger partial charge in [-0.15, -0.1) is 11.3 Å². The van der Waals surface area contributed by atoms with E-state index in [0.717, 1.165) is 16.9 Å². The van der Waals surface area contributed by atoms with Crippen LogP contribution in [0.1, 0.15) is 27.6 Å². The molecule has 154 valence electrons. The third-order valence-electron chi connectivity index (χ3n) is 4.23. The molecule has 0 fully saturated rings. The van der Waals surface area contributed by atoms with Crippen LogP contribution < -0.4 is 10.1 Å². The summed E-state index contributed by atoms with van der Waals surface area (Å²) in [4.78, 5) is 35.7. The number of hydrogen-bond donors (Lipinski definition) is 1. The normalized spacial score (nSPS) is 10.3. The molecule has 0 aliphatic carbocycles. The molecule has 0 saturated carbocycles. The van der Waals surface area contributed by atoms with E-state index in [1.54, 1.807) is 29.6 Å². The molecular weight excluding hydrogens is 408 g/mol. The number of anilines is 1. The number of amides is 1. The smallest absolute Gasteiger partial charge is 0.341 e. The molecule has 8 nitrogen and oxygen atoms in total. The molecular formula is C21H18N2O6S. The number of esters is 1. The van der Waals surface area contributed by atoms with Crippen LogP contribution in [0.3, 0.4) is 0 Å². The average Bonchev–Trinajstić information content (AvgIpc) is 3.17. The van der Waals surface area contributed by atoms with Gasteiger partial charge in [-0.3, -0.25) is 14.9 Å². The topological polar surface area (TPSA) is 108 Å². The molecule has 1 N–H and O–H groups in total. The first kappa shape index (κ1) is 21.0. The maximum Gasteiger partial charge on any atom is 0.341 e. The highest BCUT2D eigenvalue weighted by Crippen LogP contribution is 2.37. The van der Waals surface area contributed by atoms with Gasteiger partial charge >= 0.3 is 5.97 Å². The van der Waals surface area contributed by atoms with Crippen LogP contribution in [-0.4, -0.2) is 30.5 Å². The lowest BCUT2D eigenvalue weighted by atomic mass is 10.0.